The van der Waals surface area contributed by atoms with Crippen LogP contribution in [0.4, 0.5) is 0 Å². The lowest BCUT2D eigenvalue weighted by Gasteiger charge is -2.34. The molecule has 5 N–H and O–H groups in total. The van der Waals surface area contributed by atoms with Gasteiger partial charge in [0.25, 0.3) is 0 Å². The number of dihydropyridines is 1. The molecule has 2 aliphatic rings. The molecule has 0 spiro atoms. The van der Waals surface area contributed by atoms with E-state index in [1.54, 1.807) is 6.20 Å². The average molecular weight is 367 g/mol. The second-order valence-corrected chi connectivity index (χ2v) is 8.34. The van der Waals surface area contributed by atoms with Crippen molar-refractivity contribution in [1.82, 2.24) is 5.32 Å². The Morgan fingerprint density at radius 3 is 2.62 bits per heavy atom. The molecule has 0 aromatic heterocycles. The van der Waals surface area contributed by atoms with Crippen molar-refractivity contribution < 1.29 is 19.7 Å². The fourth-order valence-corrected chi connectivity index (χ4v) is 3.73. The van der Waals surface area contributed by atoms with Gasteiger partial charge in [0.15, 0.2) is 5.60 Å². The molecule has 0 amide bonds. The van der Waals surface area contributed by atoms with Gasteiger partial charge in [-0.3, -0.25) is 0 Å². The van der Waals surface area contributed by atoms with Crippen molar-refractivity contribution in [2.45, 2.75) is 83.1 Å². The third-order valence-electron chi connectivity index (χ3n) is 5.43. The van der Waals surface area contributed by atoms with Crippen LogP contribution in [0.3, 0.4) is 0 Å². The number of hydrogen-bond donors (Lipinski definition) is 4. The van der Waals surface area contributed by atoms with Crippen molar-refractivity contribution in [3.05, 3.63) is 24.1 Å². The molecule has 1 unspecified atom stereocenters. The summed E-state index contributed by atoms with van der Waals surface area (Å²) in [6.45, 7) is 6.18. The minimum Gasteiger partial charge on any atom is -0.491 e. The first-order chi connectivity index (χ1) is 12.2. The summed E-state index contributed by atoms with van der Waals surface area (Å²) in [7, 11) is 0. The van der Waals surface area contributed by atoms with E-state index in [1.165, 1.54) is 12.8 Å². The second-order valence-electron chi connectivity index (χ2n) is 8.34. The van der Waals surface area contributed by atoms with Crippen LogP contribution in [0.15, 0.2) is 24.1 Å². The average Bonchev–Trinajstić information content (AvgIpc) is 2.56. The molecular formula is C20H34N2O4. The molecule has 0 saturated heterocycles. The van der Waals surface area contributed by atoms with Crippen molar-refractivity contribution in [1.29, 1.82) is 0 Å². The molecule has 0 radical (unpaired) electrons. The first-order valence-electron chi connectivity index (χ1n) is 9.73. The normalized spacial score (nSPS) is 29.5. The highest BCUT2D eigenvalue weighted by Crippen LogP contribution is 2.29. The van der Waals surface area contributed by atoms with Gasteiger partial charge in [0, 0.05) is 18.7 Å². The number of aliphatic carboxylic acids is 1. The zero-order valence-corrected chi connectivity index (χ0v) is 16.1. The van der Waals surface area contributed by atoms with Crippen molar-refractivity contribution in [3.63, 3.8) is 0 Å². The SMILES string of the molecule is CC(C)C[C@@H](N)[C@](O)(CC1C=C(OC2CCC(C)CC2)C=CN1)C(=O)O. The van der Waals surface area contributed by atoms with E-state index in [2.05, 4.69) is 12.2 Å². The summed E-state index contributed by atoms with van der Waals surface area (Å²) < 4.78 is 6.08. The molecule has 148 valence electrons. The van der Waals surface area contributed by atoms with E-state index in [0.29, 0.717) is 6.42 Å². The molecule has 0 bridgehead atoms. The van der Waals surface area contributed by atoms with Gasteiger partial charge in [-0.1, -0.05) is 20.8 Å². The Labute approximate surface area is 156 Å². The summed E-state index contributed by atoms with van der Waals surface area (Å²) in [6.07, 6.45) is 10.5. The van der Waals surface area contributed by atoms with E-state index in [-0.39, 0.29) is 24.5 Å². The van der Waals surface area contributed by atoms with Gasteiger partial charge in [0.1, 0.15) is 5.76 Å². The minimum absolute atomic E-state index is 0.00484. The van der Waals surface area contributed by atoms with Crippen molar-refractivity contribution in [2.75, 3.05) is 0 Å². The van der Waals surface area contributed by atoms with Crippen molar-refractivity contribution >= 4 is 5.97 Å². The van der Waals surface area contributed by atoms with Crippen LogP contribution in [0.1, 0.15) is 59.3 Å². The van der Waals surface area contributed by atoms with Crippen LogP contribution in [0.25, 0.3) is 0 Å². The standard InChI is InChI=1S/C20H34N2O4/c1-13(2)10-18(21)20(25,19(23)24)12-15-11-17(8-9-22-15)26-16-6-4-14(3)5-7-16/h8-9,11,13-16,18,22,25H,4-7,10,12,21H2,1-3H3,(H,23,24)/t14?,15?,16?,18-,20-/m1/s1. The summed E-state index contributed by atoms with van der Waals surface area (Å²) in [5.74, 6) is 0.420. The van der Waals surface area contributed by atoms with Crippen LogP contribution in [0.2, 0.25) is 0 Å². The minimum atomic E-state index is -1.98. The number of hydrogen-bond acceptors (Lipinski definition) is 5. The van der Waals surface area contributed by atoms with E-state index < -0.39 is 17.6 Å². The molecule has 6 nitrogen and oxygen atoms in total. The molecule has 1 saturated carbocycles. The summed E-state index contributed by atoms with van der Waals surface area (Å²) in [4.78, 5) is 11.7. The molecule has 6 heteroatoms. The monoisotopic (exact) mass is 366 g/mol. The van der Waals surface area contributed by atoms with E-state index in [4.69, 9.17) is 10.5 Å². The lowest BCUT2D eigenvalue weighted by atomic mass is 9.83. The molecular weight excluding hydrogens is 332 g/mol. The van der Waals surface area contributed by atoms with E-state index in [1.807, 2.05) is 26.0 Å². The molecule has 0 aromatic carbocycles. The zero-order chi connectivity index (χ0) is 19.3. The number of nitrogens with one attached hydrogen (secondary N) is 1. The number of aliphatic hydroxyl groups is 1. The third-order valence-corrected chi connectivity index (χ3v) is 5.43. The quantitative estimate of drug-likeness (QED) is 0.526. The first kappa shape index (κ1) is 20.8. The first-order valence-corrected chi connectivity index (χ1v) is 9.73. The zero-order valence-electron chi connectivity index (χ0n) is 16.1. The van der Waals surface area contributed by atoms with Gasteiger partial charge in [0.2, 0.25) is 0 Å². The number of ether oxygens (including phenoxy) is 1. The predicted octanol–water partition coefficient (Wildman–Crippen LogP) is 2.53. The Kier molecular flexibility index (Phi) is 7.12. The van der Waals surface area contributed by atoms with Crippen LogP contribution in [0.5, 0.6) is 0 Å². The van der Waals surface area contributed by atoms with Crippen LogP contribution >= 0.6 is 0 Å². The van der Waals surface area contributed by atoms with E-state index in [0.717, 1.165) is 24.5 Å². The smallest absolute Gasteiger partial charge is 0.337 e. The van der Waals surface area contributed by atoms with E-state index >= 15 is 0 Å². The van der Waals surface area contributed by atoms with Gasteiger partial charge in [-0.05, 0) is 56.1 Å². The molecule has 2 rings (SSSR count). The summed E-state index contributed by atoms with van der Waals surface area (Å²) in [6, 6.07) is -1.16. The summed E-state index contributed by atoms with van der Waals surface area (Å²) in [5, 5.41) is 23.4. The highest BCUT2D eigenvalue weighted by molar-refractivity contribution is 5.78. The lowest BCUT2D eigenvalue weighted by molar-refractivity contribution is -0.162. The van der Waals surface area contributed by atoms with Crippen LogP contribution in [-0.2, 0) is 9.53 Å². The maximum atomic E-state index is 11.7. The number of carboxylic acid groups (broad SMARTS) is 1. The second kappa shape index (κ2) is 8.91. The van der Waals surface area contributed by atoms with Gasteiger partial charge in [0.05, 0.1) is 12.1 Å². The topological polar surface area (TPSA) is 105 Å². The molecule has 1 fully saturated rings. The summed E-state index contributed by atoms with van der Waals surface area (Å²) in [5.41, 5.74) is 4.06. The maximum Gasteiger partial charge on any atom is 0.337 e. The van der Waals surface area contributed by atoms with Gasteiger partial charge in [-0.15, -0.1) is 0 Å². The largest absolute Gasteiger partial charge is 0.491 e. The molecule has 0 aromatic rings. The lowest BCUT2D eigenvalue weighted by Crippen LogP contribution is -2.57. The predicted molar refractivity (Wildman–Crippen MR) is 101 cm³/mol. The van der Waals surface area contributed by atoms with Crippen molar-refractivity contribution in [3.8, 4) is 0 Å². The Morgan fingerprint density at radius 1 is 1.38 bits per heavy atom. The Hall–Kier alpha value is -1.53. The van der Waals surface area contributed by atoms with Crippen molar-refractivity contribution in [2.24, 2.45) is 17.6 Å². The number of carboxylic acids is 1. The number of allylic oxidation sites excluding steroid dienone is 1. The molecule has 1 aliphatic heterocycles. The highest BCUT2D eigenvalue weighted by Gasteiger charge is 2.44. The van der Waals surface area contributed by atoms with Crippen LogP contribution < -0.4 is 11.1 Å². The summed E-state index contributed by atoms with van der Waals surface area (Å²) >= 11 is 0. The van der Waals surface area contributed by atoms with Crippen LogP contribution in [0, 0.1) is 11.8 Å². The number of carbonyl (C=O) groups is 1. The number of nitrogens with two attached hydrogens (primary N) is 1. The fraction of sp³-hybridized carbons (Fsp3) is 0.750. The van der Waals surface area contributed by atoms with Gasteiger partial charge < -0.3 is 26.0 Å². The van der Waals surface area contributed by atoms with Gasteiger partial charge >= 0.3 is 5.97 Å². The Morgan fingerprint density at radius 2 is 2.04 bits per heavy atom. The molecule has 3 atom stereocenters. The van der Waals surface area contributed by atoms with E-state index in [9.17, 15) is 15.0 Å². The third kappa shape index (κ3) is 5.48. The Balaban J connectivity index is 2.01. The fourth-order valence-electron chi connectivity index (χ4n) is 3.73. The number of rotatable bonds is 8. The molecule has 1 heterocycles. The van der Waals surface area contributed by atoms with Gasteiger partial charge in [-0.25, -0.2) is 4.79 Å². The molecule has 1 aliphatic carbocycles. The Bertz CT molecular complexity index is 538. The maximum absolute atomic E-state index is 11.7. The molecule has 26 heavy (non-hydrogen) atoms. The van der Waals surface area contributed by atoms with Gasteiger partial charge in [-0.2, -0.15) is 0 Å². The van der Waals surface area contributed by atoms with Crippen LogP contribution in [-0.4, -0.2) is 40.0 Å². The highest BCUT2D eigenvalue weighted by atomic mass is 16.5.